The molecule has 1 fully saturated rings. The van der Waals surface area contributed by atoms with E-state index < -0.39 is 26.8 Å². The summed E-state index contributed by atoms with van der Waals surface area (Å²) in [6.07, 6.45) is 2.36. The number of nitrogens with zero attached hydrogens (tertiary/aromatic N) is 2. The van der Waals surface area contributed by atoms with E-state index in [1.807, 2.05) is 0 Å². The lowest BCUT2D eigenvalue weighted by Crippen LogP contribution is -2.47. The molecule has 23 heavy (non-hydrogen) atoms. The van der Waals surface area contributed by atoms with Crippen LogP contribution in [0.5, 0.6) is 0 Å². The first-order valence-electron chi connectivity index (χ1n) is 7.77. The molecule has 1 aromatic heterocycles. The van der Waals surface area contributed by atoms with Crippen molar-refractivity contribution in [1.82, 2.24) is 9.88 Å². The number of piperidine rings is 1. The van der Waals surface area contributed by atoms with Gasteiger partial charge in [-0.3, -0.25) is 4.98 Å². The van der Waals surface area contributed by atoms with Gasteiger partial charge in [-0.2, -0.15) is 0 Å². The van der Waals surface area contributed by atoms with Gasteiger partial charge in [-0.05, 0) is 45.7 Å². The number of hydrogen-bond acceptors (Lipinski definition) is 5. The third kappa shape index (κ3) is 5.20. The van der Waals surface area contributed by atoms with Gasteiger partial charge in [0, 0.05) is 19.3 Å². The van der Waals surface area contributed by atoms with Crippen LogP contribution >= 0.6 is 0 Å². The highest BCUT2D eigenvalue weighted by atomic mass is 32.2. The van der Waals surface area contributed by atoms with Crippen LogP contribution in [-0.4, -0.2) is 48.3 Å². The molecule has 6 nitrogen and oxygen atoms in total. The minimum atomic E-state index is -3.36. The Labute approximate surface area is 137 Å². The summed E-state index contributed by atoms with van der Waals surface area (Å²) in [7, 11) is -3.36. The first kappa shape index (κ1) is 17.7. The average Bonchev–Trinajstić information content (AvgIpc) is 2.46. The molecule has 0 N–H and O–H groups in total. The van der Waals surface area contributed by atoms with Crippen molar-refractivity contribution in [3.05, 3.63) is 30.1 Å². The van der Waals surface area contributed by atoms with E-state index >= 15 is 0 Å². The molecule has 0 spiro atoms. The number of pyridine rings is 1. The summed E-state index contributed by atoms with van der Waals surface area (Å²) in [6.45, 7) is 6.10. The lowest BCUT2D eigenvalue weighted by Gasteiger charge is -2.33. The first-order valence-corrected chi connectivity index (χ1v) is 9.48. The normalized spacial score (nSPS) is 19.4. The van der Waals surface area contributed by atoms with Crippen molar-refractivity contribution >= 4 is 15.9 Å². The Bertz CT molecular complexity index is 638. The maximum absolute atomic E-state index is 12.6. The molecule has 1 aromatic rings. The molecule has 1 aliphatic heterocycles. The molecule has 0 aliphatic carbocycles. The third-order valence-corrected chi connectivity index (χ3v) is 5.71. The topological polar surface area (TPSA) is 76.6 Å². The Kier molecular flexibility index (Phi) is 5.29. The van der Waals surface area contributed by atoms with E-state index in [9.17, 15) is 13.2 Å². The second-order valence-corrected chi connectivity index (χ2v) is 9.10. The van der Waals surface area contributed by atoms with Crippen molar-refractivity contribution in [1.29, 1.82) is 0 Å². The average molecular weight is 340 g/mol. The van der Waals surface area contributed by atoms with Crippen LogP contribution in [0.3, 0.4) is 0 Å². The summed E-state index contributed by atoms with van der Waals surface area (Å²) < 4.78 is 30.5. The van der Waals surface area contributed by atoms with Crippen LogP contribution in [0.15, 0.2) is 24.4 Å². The van der Waals surface area contributed by atoms with Crippen LogP contribution in [0, 0.1) is 0 Å². The molecule has 1 saturated heterocycles. The SMILES string of the molecule is CC(C)(C)OC(=O)N1CCC[C@H](S(=O)(=O)Cc2ccccn2)C1. The Morgan fingerprint density at radius 3 is 2.74 bits per heavy atom. The van der Waals surface area contributed by atoms with E-state index in [4.69, 9.17) is 4.74 Å². The fraction of sp³-hybridized carbons (Fsp3) is 0.625. The number of ether oxygens (including phenoxy) is 1. The van der Waals surface area contributed by atoms with Gasteiger partial charge < -0.3 is 9.64 Å². The molecule has 1 atom stereocenters. The van der Waals surface area contributed by atoms with Crippen molar-refractivity contribution in [2.75, 3.05) is 13.1 Å². The number of aromatic nitrogens is 1. The maximum atomic E-state index is 12.6. The van der Waals surface area contributed by atoms with Gasteiger partial charge in [0.2, 0.25) is 0 Å². The Balaban J connectivity index is 2.04. The van der Waals surface area contributed by atoms with Crippen LogP contribution < -0.4 is 0 Å². The lowest BCUT2D eigenvalue weighted by atomic mass is 10.1. The minimum absolute atomic E-state index is 0.0966. The maximum Gasteiger partial charge on any atom is 0.410 e. The zero-order valence-electron chi connectivity index (χ0n) is 13.9. The highest BCUT2D eigenvalue weighted by Crippen LogP contribution is 2.22. The van der Waals surface area contributed by atoms with Gasteiger partial charge in [-0.1, -0.05) is 6.07 Å². The summed E-state index contributed by atoms with van der Waals surface area (Å²) in [5.41, 5.74) is -0.0569. The summed E-state index contributed by atoms with van der Waals surface area (Å²) >= 11 is 0. The second-order valence-electron chi connectivity index (χ2n) is 6.82. The first-order chi connectivity index (χ1) is 10.7. The largest absolute Gasteiger partial charge is 0.444 e. The molecule has 0 bridgehead atoms. The van der Waals surface area contributed by atoms with Crippen LogP contribution in [0.1, 0.15) is 39.3 Å². The minimum Gasteiger partial charge on any atom is -0.444 e. The van der Waals surface area contributed by atoms with Crippen molar-refractivity contribution in [3.63, 3.8) is 0 Å². The van der Waals surface area contributed by atoms with E-state index in [0.717, 1.165) is 0 Å². The summed E-state index contributed by atoms with van der Waals surface area (Å²) in [4.78, 5) is 17.7. The number of amides is 1. The molecule has 128 valence electrons. The molecule has 0 aromatic carbocycles. The molecular weight excluding hydrogens is 316 g/mol. The van der Waals surface area contributed by atoms with Crippen LogP contribution in [0.25, 0.3) is 0 Å². The van der Waals surface area contributed by atoms with E-state index in [1.165, 1.54) is 4.90 Å². The van der Waals surface area contributed by atoms with E-state index in [1.54, 1.807) is 45.2 Å². The number of sulfone groups is 1. The number of hydrogen-bond donors (Lipinski definition) is 0. The summed E-state index contributed by atoms with van der Waals surface area (Å²) in [6, 6.07) is 5.22. The Morgan fingerprint density at radius 2 is 2.13 bits per heavy atom. The molecule has 7 heteroatoms. The summed E-state index contributed by atoms with van der Waals surface area (Å²) in [5, 5.41) is -0.564. The van der Waals surface area contributed by atoms with Crippen LogP contribution in [-0.2, 0) is 20.3 Å². The predicted molar refractivity (Wildman–Crippen MR) is 87.7 cm³/mol. The monoisotopic (exact) mass is 340 g/mol. The van der Waals surface area contributed by atoms with E-state index in [0.29, 0.717) is 25.1 Å². The quantitative estimate of drug-likeness (QED) is 0.844. The van der Waals surface area contributed by atoms with Crippen molar-refractivity contribution < 1.29 is 17.9 Å². The zero-order valence-corrected chi connectivity index (χ0v) is 14.7. The molecule has 1 amide bonds. The smallest absolute Gasteiger partial charge is 0.410 e. The number of rotatable bonds is 3. The number of carbonyl (C=O) groups excluding carboxylic acids is 1. The standard InChI is InChI=1S/C16H24N2O4S/c1-16(2,3)22-15(19)18-10-6-8-14(11-18)23(20,21)12-13-7-4-5-9-17-13/h4-5,7,9,14H,6,8,10-12H2,1-3H3/t14-/m0/s1. The zero-order chi connectivity index (χ0) is 17.1. The third-order valence-electron chi connectivity index (χ3n) is 3.61. The van der Waals surface area contributed by atoms with Crippen LogP contribution in [0.2, 0.25) is 0 Å². The number of likely N-dealkylation sites (tertiary alicyclic amines) is 1. The lowest BCUT2D eigenvalue weighted by molar-refractivity contribution is 0.0219. The van der Waals surface area contributed by atoms with Gasteiger partial charge in [-0.25, -0.2) is 13.2 Å². The highest BCUT2D eigenvalue weighted by Gasteiger charge is 2.34. The van der Waals surface area contributed by atoms with Crippen molar-refractivity contribution in [3.8, 4) is 0 Å². The number of carbonyl (C=O) groups is 1. The Hall–Kier alpha value is -1.63. The summed E-state index contributed by atoms with van der Waals surface area (Å²) in [5.74, 6) is -0.0966. The highest BCUT2D eigenvalue weighted by molar-refractivity contribution is 7.91. The molecule has 0 unspecified atom stereocenters. The molecule has 2 heterocycles. The molecule has 0 radical (unpaired) electrons. The van der Waals surface area contributed by atoms with E-state index in [-0.39, 0.29) is 12.3 Å². The predicted octanol–water partition coefficient (Wildman–Crippen LogP) is 2.40. The van der Waals surface area contributed by atoms with Crippen LogP contribution in [0.4, 0.5) is 4.79 Å². The fourth-order valence-electron chi connectivity index (χ4n) is 2.53. The van der Waals surface area contributed by atoms with Crippen molar-refractivity contribution in [2.45, 2.75) is 50.2 Å². The van der Waals surface area contributed by atoms with E-state index in [2.05, 4.69) is 4.98 Å². The van der Waals surface area contributed by atoms with Gasteiger partial charge in [0.1, 0.15) is 5.60 Å². The fourth-order valence-corrected chi connectivity index (χ4v) is 4.28. The van der Waals surface area contributed by atoms with Gasteiger partial charge >= 0.3 is 6.09 Å². The van der Waals surface area contributed by atoms with Gasteiger partial charge in [0.25, 0.3) is 0 Å². The molecule has 0 saturated carbocycles. The molecular formula is C16H24N2O4S. The second kappa shape index (κ2) is 6.86. The van der Waals surface area contributed by atoms with Gasteiger partial charge in [-0.15, -0.1) is 0 Å². The molecule has 2 rings (SSSR count). The molecule has 1 aliphatic rings. The van der Waals surface area contributed by atoms with Gasteiger partial charge in [0.05, 0.1) is 16.7 Å². The van der Waals surface area contributed by atoms with Gasteiger partial charge in [0.15, 0.2) is 9.84 Å². The van der Waals surface area contributed by atoms with Crippen molar-refractivity contribution in [2.24, 2.45) is 0 Å². The Morgan fingerprint density at radius 1 is 1.39 bits per heavy atom.